The quantitative estimate of drug-likeness (QED) is 0.426. The minimum absolute atomic E-state index is 0.0595. The van der Waals surface area contributed by atoms with E-state index in [0.29, 0.717) is 28.0 Å². The van der Waals surface area contributed by atoms with Crippen LogP contribution in [-0.2, 0) is 18.4 Å². The molecule has 2 heterocycles. The maximum Gasteiger partial charge on any atom is 0.340 e. The molecule has 164 valence electrons. The fourth-order valence-electron chi connectivity index (χ4n) is 3.70. The number of phenols is 1. The van der Waals surface area contributed by atoms with Crippen molar-refractivity contribution in [2.75, 3.05) is 13.7 Å². The van der Waals surface area contributed by atoms with Crippen LogP contribution >= 0.6 is 0 Å². The summed E-state index contributed by atoms with van der Waals surface area (Å²) < 4.78 is 18.3. The van der Waals surface area contributed by atoms with Crippen molar-refractivity contribution in [3.05, 3.63) is 72.2 Å². The molecular formula is C25H24N2O5. The lowest BCUT2D eigenvalue weighted by atomic mass is 10.0. The number of fused-ring (bicyclic) bond motifs is 1. The average molecular weight is 432 g/mol. The molecule has 0 bridgehead atoms. The number of rotatable bonds is 7. The van der Waals surface area contributed by atoms with E-state index in [9.17, 15) is 9.90 Å². The smallest absolute Gasteiger partial charge is 0.340 e. The number of ether oxygens (including phenoxy) is 3. The number of esters is 1. The lowest BCUT2D eigenvalue weighted by molar-refractivity contribution is 0.0525. The van der Waals surface area contributed by atoms with Gasteiger partial charge in [0, 0.05) is 41.5 Å². The molecule has 0 saturated carbocycles. The molecule has 0 fully saturated rings. The molecule has 7 nitrogen and oxygen atoms in total. The third kappa shape index (κ3) is 3.97. The maximum atomic E-state index is 12.9. The molecule has 0 spiro atoms. The SMILES string of the molecule is CCOC(=O)c1c(COc2ccc(OC)cc2)n(C)c2cc(-c3cccnc3)c(O)cc12. The molecule has 0 unspecified atom stereocenters. The predicted molar refractivity (Wildman–Crippen MR) is 121 cm³/mol. The van der Waals surface area contributed by atoms with E-state index in [1.807, 2.05) is 29.8 Å². The number of benzene rings is 2. The summed E-state index contributed by atoms with van der Waals surface area (Å²) in [6.07, 6.45) is 3.36. The lowest BCUT2D eigenvalue weighted by Gasteiger charge is -2.10. The molecule has 0 radical (unpaired) electrons. The van der Waals surface area contributed by atoms with Crippen molar-refractivity contribution in [1.82, 2.24) is 9.55 Å². The van der Waals surface area contributed by atoms with Gasteiger partial charge in [-0.15, -0.1) is 0 Å². The Bertz CT molecular complexity index is 1250. The van der Waals surface area contributed by atoms with E-state index in [1.54, 1.807) is 56.8 Å². The fraction of sp³-hybridized carbons (Fsp3) is 0.200. The van der Waals surface area contributed by atoms with Gasteiger partial charge in [-0.3, -0.25) is 4.98 Å². The molecule has 4 aromatic rings. The van der Waals surface area contributed by atoms with Gasteiger partial charge >= 0.3 is 5.97 Å². The summed E-state index contributed by atoms with van der Waals surface area (Å²) in [6.45, 7) is 2.15. The zero-order valence-electron chi connectivity index (χ0n) is 18.2. The second-order valence-corrected chi connectivity index (χ2v) is 7.19. The number of nitrogens with zero attached hydrogens (tertiary/aromatic N) is 2. The lowest BCUT2D eigenvalue weighted by Crippen LogP contribution is -2.11. The largest absolute Gasteiger partial charge is 0.507 e. The predicted octanol–water partition coefficient (Wildman–Crippen LogP) is 4.71. The first-order valence-corrected chi connectivity index (χ1v) is 10.2. The number of carbonyl (C=O) groups excluding carboxylic acids is 1. The van der Waals surface area contributed by atoms with E-state index < -0.39 is 5.97 Å². The topological polar surface area (TPSA) is 82.8 Å². The van der Waals surface area contributed by atoms with Crippen molar-refractivity contribution < 1.29 is 24.1 Å². The molecule has 2 aromatic carbocycles. The van der Waals surface area contributed by atoms with Gasteiger partial charge in [0.2, 0.25) is 0 Å². The van der Waals surface area contributed by atoms with Crippen molar-refractivity contribution in [3.8, 4) is 28.4 Å². The summed E-state index contributed by atoms with van der Waals surface area (Å²) in [5.41, 5.74) is 3.21. The van der Waals surface area contributed by atoms with Crippen LogP contribution in [0.25, 0.3) is 22.0 Å². The minimum Gasteiger partial charge on any atom is -0.507 e. The van der Waals surface area contributed by atoms with Gasteiger partial charge in [0.1, 0.15) is 23.9 Å². The van der Waals surface area contributed by atoms with E-state index in [2.05, 4.69) is 4.98 Å². The minimum atomic E-state index is -0.458. The fourth-order valence-corrected chi connectivity index (χ4v) is 3.70. The van der Waals surface area contributed by atoms with E-state index in [-0.39, 0.29) is 19.0 Å². The van der Waals surface area contributed by atoms with Crippen LogP contribution in [0.5, 0.6) is 17.2 Å². The van der Waals surface area contributed by atoms with Crippen LogP contribution in [0.15, 0.2) is 60.9 Å². The molecule has 0 aliphatic heterocycles. The first-order valence-electron chi connectivity index (χ1n) is 10.2. The van der Waals surface area contributed by atoms with E-state index in [1.165, 1.54) is 0 Å². The molecule has 0 aliphatic carbocycles. The summed E-state index contributed by atoms with van der Waals surface area (Å²) >= 11 is 0. The van der Waals surface area contributed by atoms with Crippen molar-refractivity contribution in [2.45, 2.75) is 13.5 Å². The van der Waals surface area contributed by atoms with Gasteiger partial charge in [-0.2, -0.15) is 0 Å². The molecule has 0 aliphatic rings. The van der Waals surface area contributed by atoms with Gasteiger partial charge in [-0.1, -0.05) is 6.07 Å². The number of hydrogen-bond acceptors (Lipinski definition) is 6. The summed E-state index contributed by atoms with van der Waals surface area (Å²) in [4.78, 5) is 17.0. The zero-order chi connectivity index (χ0) is 22.7. The summed E-state index contributed by atoms with van der Waals surface area (Å²) in [7, 11) is 3.47. The summed E-state index contributed by atoms with van der Waals surface area (Å²) in [5, 5.41) is 11.3. The third-order valence-corrected chi connectivity index (χ3v) is 5.33. The molecule has 7 heteroatoms. The van der Waals surface area contributed by atoms with Crippen molar-refractivity contribution in [1.29, 1.82) is 0 Å². The molecule has 0 saturated heterocycles. The van der Waals surface area contributed by atoms with Crippen LogP contribution in [0.3, 0.4) is 0 Å². The Morgan fingerprint density at radius 2 is 1.88 bits per heavy atom. The maximum absolute atomic E-state index is 12.9. The van der Waals surface area contributed by atoms with Crippen LogP contribution in [0, 0.1) is 0 Å². The number of methoxy groups -OCH3 is 1. The number of aromatic hydroxyl groups is 1. The molecule has 0 amide bonds. The third-order valence-electron chi connectivity index (χ3n) is 5.33. The average Bonchev–Trinajstić information content (AvgIpc) is 3.08. The molecule has 2 aromatic heterocycles. The van der Waals surface area contributed by atoms with Crippen molar-refractivity contribution >= 4 is 16.9 Å². The van der Waals surface area contributed by atoms with Gasteiger partial charge in [0.15, 0.2) is 0 Å². The highest BCUT2D eigenvalue weighted by Gasteiger charge is 2.24. The van der Waals surface area contributed by atoms with Crippen molar-refractivity contribution in [3.63, 3.8) is 0 Å². The van der Waals surface area contributed by atoms with Gasteiger partial charge in [-0.25, -0.2) is 4.79 Å². The Morgan fingerprint density at radius 3 is 2.53 bits per heavy atom. The van der Waals surface area contributed by atoms with E-state index >= 15 is 0 Å². The van der Waals surface area contributed by atoms with E-state index in [0.717, 1.165) is 16.8 Å². The number of phenolic OH excluding ortho intramolecular Hbond substituents is 1. The van der Waals surface area contributed by atoms with Gasteiger partial charge in [0.25, 0.3) is 0 Å². The van der Waals surface area contributed by atoms with Crippen LogP contribution < -0.4 is 9.47 Å². The van der Waals surface area contributed by atoms with Crippen LogP contribution in [-0.4, -0.2) is 34.3 Å². The molecule has 0 atom stereocenters. The van der Waals surface area contributed by atoms with Crippen LogP contribution in [0.4, 0.5) is 0 Å². The zero-order valence-corrected chi connectivity index (χ0v) is 18.2. The molecular weight excluding hydrogens is 408 g/mol. The normalized spacial score (nSPS) is 10.8. The van der Waals surface area contributed by atoms with Gasteiger partial charge in [-0.05, 0) is 49.4 Å². The first-order chi connectivity index (χ1) is 15.5. The monoisotopic (exact) mass is 432 g/mol. The van der Waals surface area contributed by atoms with Gasteiger partial charge < -0.3 is 23.9 Å². The molecule has 1 N–H and O–H groups in total. The molecule has 32 heavy (non-hydrogen) atoms. The second kappa shape index (κ2) is 9.01. The summed E-state index contributed by atoms with van der Waals surface area (Å²) in [5.74, 6) is 0.974. The highest BCUT2D eigenvalue weighted by Crippen LogP contribution is 2.37. The van der Waals surface area contributed by atoms with Gasteiger partial charge in [0.05, 0.1) is 25.0 Å². The Morgan fingerprint density at radius 1 is 1.12 bits per heavy atom. The summed E-state index contributed by atoms with van der Waals surface area (Å²) in [6, 6.07) is 14.3. The van der Waals surface area contributed by atoms with Crippen LogP contribution in [0.1, 0.15) is 23.0 Å². The number of aryl methyl sites for hydroxylation is 1. The Kier molecular flexibility index (Phi) is 5.98. The van der Waals surface area contributed by atoms with Crippen molar-refractivity contribution in [2.24, 2.45) is 7.05 Å². The number of carbonyl (C=O) groups is 1. The Balaban J connectivity index is 1.79. The number of pyridine rings is 1. The second-order valence-electron chi connectivity index (χ2n) is 7.19. The Labute approximate surface area is 185 Å². The first kappa shape index (κ1) is 21.2. The highest BCUT2D eigenvalue weighted by atomic mass is 16.5. The van der Waals surface area contributed by atoms with Crippen LogP contribution in [0.2, 0.25) is 0 Å². The number of hydrogen-bond donors (Lipinski definition) is 1. The van der Waals surface area contributed by atoms with E-state index in [4.69, 9.17) is 14.2 Å². The standard InChI is InChI=1S/C25H24N2O5/c1-4-31-25(29)24-20-13-23(28)19(16-6-5-11-26-14-16)12-21(20)27(2)22(24)15-32-18-9-7-17(30-3)8-10-18/h5-14,28H,4,15H2,1-3H3. The highest BCUT2D eigenvalue weighted by molar-refractivity contribution is 6.07. The molecule has 4 rings (SSSR count). The number of aromatic nitrogens is 2. The Hall–Kier alpha value is -4.00.